The standard InChI is InChI=1S/C14H18N2/c1-4-10-7-6-8-12-13(15)11(5-2)9(3)16-14(10)12/h6-8H,4-5H2,1-3H3,(H2,15,16). The van der Waals surface area contributed by atoms with Crippen molar-refractivity contribution in [3.63, 3.8) is 0 Å². The number of anilines is 1. The Balaban J connectivity index is 2.86. The number of rotatable bonds is 2. The van der Waals surface area contributed by atoms with Crippen molar-refractivity contribution in [2.24, 2.45) is 0 Å². The molecule has 0 fully saturated rings. The number of aromatic nitrogens is 1. The maximum Gasteiger partial charge on any atom is 0.0757 e. The molecule has 2 rings (SSSR count). The number of hydrogen-bond acceptors (Lipinski definition) is 2. The Labute approximate surface area is 96.5 Å². The van der Waals surface area contributed by atoms with Crippen LogP contribution in [-0.4, -0.2) is 4.98 Å². The van der Waals surface area contributed by atoms with Crippen molar-refractivity contribution < 1.29 is 0 Å². The van der Waals surface area contributed by atoms with Crippen molar-refractivity contribution in [1.82, 2.24) is 4.98 Å². The van der Waals surface area contributed by atoms with Crippen LogP contribution in [0.3, 0.4) is 0 Å². The second-order valence-corrected chi connectivity index (χ2v) is 4.11. The van der Waals surface area contributed by atoms with Gasteiger partial charge < -0.3 is 5.73 Å². The number of para-hydroxylation sites is 1. The maximum atomic E-state index is 6.21. The van der Waals surface area contributed by atoms with Crippen molar-refractivity contribution in [2.75, 3.05) is 5.73 Å². The summed E-state index contributed by atoms with van der Waals surface area (Å²) in [6, 6.07) is 6.25. The van der Waals surface area contributed by atoms with E-state index in [1.54, 1.807) is 0 Å². The first-order valence-electron chi connectivity index (χ1n) is 5.85. The first-order valence-corrected chi connectivity index (χ1v) is 5.85. The minimum absolute atomic E-state index is 0.903. The Hall–Kier alpha value is -1.57. The lowest BCUT2D eigenvalue weighted by Crippen LogP contribution is -2.02. The Morgan fingerprint density at radius 2 is 1.94 bits per heavy atom. The molecule has 1 aromatic carbocycles. The Kier molecular flexibility index (Phi) is 2.82. The topological polar surface area (TPSA) is 38.9 Å². The zero-order valence-electron chi connectivity index (χ0n) is 10.2. The molecular weight excluding hydrogens is 196 g/mol. The summed E-state index contributed by atoms with van der Waals surface area (Å²) in [6.07, 6.45) is 1.94. The number of benzene rings is 1. The van der Waals surface area contributed by atoms with E-state index in [9.17, 15) is 0 Å². The molecule has 0 unspecified atom stereocenters. The zero-order chi connectivity index (χ0) is 11.7. The largest absolute Gasteiger partial charge is 0.398 e. The molecule has 1 aromatic heterocycles. The number of fused-ring (bicyclic) bond motifs is 1. The van der Waals surface area contributed by atoms with E-state index in [0.717, 1.165) is 35.1 Å². The fraction of sp³-hybridized carbons (Fsp3) is 0.357. The van der Waals surface area contributed by atoms with Gasteiger partial charge in [0.15, 0.2) is 0 Å². The van der Waals surface area contributed by atoms with Gasteiger partial charge in [-0.25, -0.2) is 0 Å². The van der Waals surface area contributed by atoms with Crippen LogP contribution in [0.1, 0.15) is 30.7 Å². The minimum Gasteiger partial charge on any atom is -0.398 e. The highest BCUT2D eigenvalue weighted by atomic mass is 14.7. The third kappa shape index (κ3) is 1.54. The highest BCUT2D eigenvalue weighted by molar-refractivity contribution is 5.94. The van der Waals surface area contributed by atoms with E-state index in [4.69, 9.17) is 10.7 Å². The number of nitrogens with two attached hydrogens (primary N) is 1. The average Bonchev–Trinajstić information content (AvgIpc) is 2.29. The molecule has 84 valence electrons. The molecule has 0 saturated heterocycles. The number of hydrogen-bond donors (Lipinski definition) is 1. The monoisotopic (exact) mass is 214 g/mol. The Bertz CT molecular complexity index is 530. The van der Waals surface area contributed by atoms with Crippen LogP contribution in [0.25, 0.3) is 10.9 Å². The second kappa shape index (κ2) is 4.12. The minimum atomic E-state index is 0.903. The number of aryl methyl sites for hydroxylation is 2. The third-order valence-corrected chi connectivity index (χ3v) is 3.19. The van der Waals surface area contributed by atoms with Crippen LogP contribution in [-0.2, 0) is 12.8 Å². The molecule has 0 bridgehead atoms. The molecule has 0 aliphatic rings. The van der Waals surface area contributed by atoms with Crippen LogP contribution in [0.2, 0.25) is 0 Å². The van der Waals surface area contributed by atoms with Crippen LogP contribution in [0.5, 0.6) is 0 Å². The Morgan fingerprint density at radius 3 is 2.56 bits per heavy atom. The molecule has 16 heavy (non-hydrogen) atoms. The SMILES string of the molecule is CCc1c(C)nc2c(CC)cccc2c1N. The number of nitrogen functional groups attached to an aromatic ring is 1. The fourth-order valence-electron chi connectivity index (χ4n) is 2.26. The molecule has 0 radical (unpaired) electrons. The van der Waals surface area contributed by atoms with Gasteiger partial charge >= 0.3 is 0 Å². The Morgan fingerprint density at radius 1 is 1.19 bits per heavy atom. The van der Waals surface area contributed by atoms with Crippen LogP contribution in [0.4, 0.5) is 5.69 Å². The van der Waals surface area contributed by atoms with E-state index in [1.165, 1.54) is 11.1 Å². The molecule has 0 aliphatic heterocycles. The molecule has 2 nitrogen and oxygen atoms in total. The first-order chi connectivity index (χ1) is 7.69. The molecule has 2 N–H and O–H groups in total. The lowest BCUT2D eigenvalue weighted by atomic mass is 10.0. The van der Waals surface area contributed by atoms with Crippen molar-refractivity contribution >= 4 is 16.6 Å². The molecule has 2 heteroatoms. The van der Waals surface area contributed by atoms with E-state index in [-0.39, 0.29) is 0 Å². The molecule has 0 spiro atoms. The zero-order valence-corrected chi connectivity index (χ0v) is 10.2. The van der Waals surface area contributed by atoms with Crippen LogP contribution in [0.15, 0.2) is 18.2 Å². The quantitative estimate of drug-likeness (QED) is 0.833. The summed E-state index contributed by atoms with van der Waals surface area (Å²) in [5.74, 6) is 0. The van der Waals surface area contributed by atoms with Gasteiger partial charge in [-0.1, -0.05) is 32.0 Å². The lowest BCUT2D eigenvalue weighted by molar-refractivity contribution is 1.06. The van der Waals surface area contributed by atoms with Gasteiger partial charge in [0.2, 0.25) is 0 Å². The van der Waals surface area contributed by atoms with Gasteiger partial charge in [-0.05, 0) is 30.9 Å². The van der Waals surface area contributed by atoms with Gasteiger partial charge in [0.25, 0.3) is 0 Å². The van der Waals surface area contributed by atoms with E-state index < -0.39 is 0 Å². The smallest absolute Gasteiger partial charge is 0.0757 e. The molecular formula is C14H18N2. The first kappa shape index (κ1) is 10.9. The summed E-state index contributed by atoms with van der Waals surface area (Å²) in [7, 11) is 0. The van der Waals surface area contributed by atoms with Gasteiger partial charge in [-0.2, -0.15) is 0 Å². The number of pyridine rings is 1. The van der Waals surface area contributed by atoms with Gasteiger partial charge in [-0.15, -0.1) is 0 Å². The predicted molar refractivity (Wildman–Crippen MR) is 69.6 cm³/mol. The van der Waals surface area contributed by atoms with Crippen molar-refractivity contribution in [1.29, 1.82) is 0 Å². The summed E-state index contributed by atoms with van der Waals surface area (Å²) in [6.45, 7) is 6.31. The van der Waals surface area contributed by atoms with Gasteiger partial charge in [0, 0.05) is 16.8 Å². The summed E-state index contributed by atoms with van der Waals surface area (Å²) in [4.78, 5) is 4.70. The summed E-state index contributed by atoms with van der Waals surface area (Å²) in [5.41, 5.74) is 11.7. The predicted octanol–water partition coefficient (Wildman–Crippen LogP) is 3.25. The molecule has 2 aromatic rings. The lowest BCUT2D eigenvalue weighted by Gasteiger charge is -2.12. The van der Waals surface area contributed by atoms with E-state index in [1.807, 2.05) is 6.92 Å². The maximum absolute atomic E-state index is 6.21. The summed E-state index contributed by atoms with van der Waals surface area (Å²) in [5, 5.41) is 1.10. The van der Waals surface area contributed by atoms with Crippen LogP contribution >= 0.6 is 0 Å². The average molecular weight is 214 g/mol. The van der Waals surface area contributed by atoms with Crippen molar-refractivity contribution in [2.45, 2.75) is 33.6 Å². The van der Waals surface area contributed by atoms with Gasteiger partial charge in [0.05, 0.1) is 5.52 Å². The number of nitrogens with zero attached hydrogens (tertiary/aromatic N) is 1. The summed E-state index contributed by atoms with van der Waals surface area (Å²) >= 11 is 0. The normalized spacial score (nSPS) is 10.9. The van der Waals surface area contributed by atoms with E-state index in [2.05, 4.69) is 32.0 Å². The highest BCUT2D eigenvalue weighted by Gasteiger charge is 2.10. The van der Waals surface area contributed by atoms with Crippen molar-refractivity contribution in [3.05, 3.63) is 35.0 Å². The van der Waals surface area contributed by atoms with Gasteiger partial charge in [0.1, 0.15) is 0 Å². The third-order valence-electron chi connectivity index (χ3n) is 3.19. The molecule has 0 amide bonds. The van der Waals surface area contributed by atoms with Crippen LogP contribution in [0, 0.1) is 6.92 Å². The molecule has 0 atom stereocenters. The molecule has 1 heterocycles. The van der Waals surface area contributed by atoms with Gasteiger partial charge in [-0.3, -0.25) is 4.98 Å². The second-order valence-electron chi connectivity index (χ2n) is 4.11. The van der Waals surface area contributed by atoms with Crippen LogP contribution < -0.4 is 5.73 Å². The highest BCUT2D eigenvalue weighted by Crippen LogP contribution is 2.28. The molecule has 0 saturated carbocycles. The fourth-order valence-corrected chi connectivity index (χ4v) is 2.26. The summed E-state index contributed by atoms with van der Waals surface area (Å²) < 4.78 is 0. The van der Waals surface area contributed by atoms with E-state index >= 15 is 0 Å². The molecule has 0 aliphatic carbocycles. The van der Waals surface area contributed by atoms with E-state index in [0.29, 0.717) is 0 Å². The van der Waals surface area contributed by atoms with Crippen molar-refractivity contribution in [3.8, 4) is 0 Å².